The summed E-state index contributed by atoms with van der Waals surface area (Å²) in [6.45, 7) is 6.17. The van der Waals surface area contributed by atoms with Crippen molar-refractivity contribution in [2.45, 2.75) is 110 Å². The van der Waals surface area contributed by atoms with Crippen LogP contribution in [0.5, 0.6) is 0 Å². The Morgan fingerprint density at radius 3 is 1.84 bits per heavy atom. The molecule has 0 spiro atoms. The van der Waals surface area contributed by atoms with Crippen molar-refractivity contribution < 1.29 is 9.47 Å². The van der Waals surface area contributed by atoms with Gasteiger partial charge in [0.25, 0.3) is 0 Å². The summed E-state index contributed by atoms with van der Waals surface area (Å²) in [6.07, 6.45) is 21.9. The molecule has 0 aliphatic heterocycles. The highest BCUT2D eigenvalue weighted by molar-refractivity contribution is 9.09. The van der Waals surface area contributed by atoms with E-state index in [1.165, 1.54) is 64.2 Å². The summed E-state index contributed by atoms with van der Waals surface area (Å²) in [5, 5.41) is 1.08. The average Bonchev–Trinajstić information content (AvgIpc) is 2.63. The van der Waals surface area contributed by atoms with Crippen LogP contribution in [0.1, 0.15) is 104 Å². The highest BCUT2D eigenvalue weighted by atomic mass is 79.9. The van der Waals surface area contributed by atoms with Gasteiger partial charge in [-0.3, -0.25) is 0 Å². The van der Waals surface area contributed by atoms with Crippen LogP contribution in [-0.4, -0.2) is 24.8 Å². The number of unbranched alkanes of at least 4 members (excludes halogenated alkanes) is 9. The number of ether oxygens (including phenoxy) is 2. The van der Waals surface area contributed by atoms with E-state index < -0.39 is 0 Å². The minimum absolute atomic E-state index is 0.0286. The van der Waals surface area contributed by atoms with Gasteiger partial charge in [-0.2, -0.15) is 0 Å². The Hall–Kier alpha value is 0.140. The van der Waals surface area contributed by atoms with Crippen molar-refractivity contribution in [3.8, 4) is 0 Å². The molecule has 2 nitrogen and oxygen atoms in total. The summed E-state index contributed by atoms with van der Waals surface area (Å²) >= 11 is 3.45. The molecule has 0 fully saturated rings. The van der Waals surface area contributed by atoms with Gasteiger partial charge in [-0.1, -0.05) is 86.9 Å². The second kappa shape index (κ2) is 22.2. The topological polar surface area (TPSA) is 18.5 Å². The van der Waals surface area contributed by atoms with Crippen LogP contribution in [0.2, 0.25) is 0 Å². The first-order valence-electron chi connectivity index (χ1n) is 10.8. The van der Waals surface area contributed by atoms with Gasteiger partial charge in [0.05, 0.1) is 0 Å². The molecule has 3 heteroatoms. The second-order valence-corrected chi connectivity index (χ2v) is 7.67. The lowest BCUT2D eigenvalue weighted by Gasteiger charge is -2.18. The molecule has 0 aromatic rings. The van der Waals surface area contributed by atoms with Gasteiger partial charge in [0, 0.05) is 18.5 Å². The van der Waals surface area contributed by atoms with Crippen LogP contribution < -0.4 is 0 Å². The largest absolute Gasteiger partial charge is 0.353 e. The molecule has 0 aromatic heterocycles. The lowest BCUT2D eigenvalue weighted by atomic mass is 10.1. The highest BCUT2D eigenvalue weighted by Gasteiger charge is 2.09. The van der Waals surface area contributed by atoms with Crippen molar-refractivity contribution in [1.29, 1.82) is 0 Å². The summed E-state index contributed by atoms with van der Waals surface area (Å²) in [5.41, 5.74) is 0. The first-order valence-corrected chi connectivity index (χ1v) is 11.9. The molecule has 0 aromatic carbocycles. The van der Waals surface area contributed by atoms with E-state index in [0.29, 0.717) is 0 Å². The van der Waals surface area contributed by atoms with Crippen molar-refractivity contribution in [2.24, 2.45) is 0 Å². The Balaban J connectivity index is 3.66. The molecule has 0 heterocycles. The minimum atomic E-state index is 0.0286. The van der Waals surface area contributed by atoms with Gasteiger partial charge in [0.2, 0.25) is 0 Å². The van der Waals surface area contributed by atoms with Gasteiger partial charge in [0.1, 0.15) is 0 Å². The summed E-state index contributed by atoms with van der Waals surface area (Å²) in [7, 11) is 0. The third-order valence-electron chi connectivity index (χ3n) is 4.36. The Labute approximate surface area is 166 Å². The highest BCUT2D eigenvalue weighted by Crippen LogP contribution is 2.13. The number of halogens is 1. The van der Waals surface area contributed by atoms with Gasteiger partial charge in [-0.15, -0.1) is 0 Å². The van der Waals surface area contributed by atoms with Gasteiger partial charge in [0.15, 0.2) is 6.29 Å². The zero-order valence-corrected chi connectivity index (χ0v) is 18.5. The number of allylic oxidation sites excluding steroid dienone is 2. The zero-order valence-electron chi connectivity index (χ0n) is 16.9. The van der Waals surface area contributed by atoms with Crippen LogP contribution in [-0.2, 0) is 9.47 Å². The van der Waals surface area contributed by atoms with Gasteiger partial charge >= 0.3 is 0 Å². The molecule has 150 valence electrons. The van der Waals surface area contributed by atoms with Crippen molar-refractivity contribution in [3.05, 3.63) is 12.2 Å². The predicted molar refractivity (Wildman–Crippen MR) is 115 cm³/mol. The van der Waals surface area contributed by atoms with Crippen LogP contribution in [0.4, 0.5) is 0 Å². The maximum Gasteiger partial charge on any atom is 0.157 e. The fourth-order valence-electron chi connectivity index (χ4n) is 2.75. The zero-order chi connectivity index (χ0) is 18.4. The van der Waals surface area contributed by atoms with Gasteiger partial charge in [-0.05, 0) is 44.9 Å². The molecule has 0 bridgehead atoms. The fraction of sp³-hybridized carbons (Fsp3) is 0.909. The van der Waals surface area contributed by atoms with E-state index in [1.807, 2.05) is 0 Å². The maximum atomic E-state index is 5.97. The predicted octanol–water partition coefficient (Wildman–Crippen LogP) is 7.80. The van der Waals surface area contributed by atoms with Crippen LogP contribution in [0.3, 0.4) is 0 Å². The maximum absolute atomic E-state index is 5.97. The average molecular weight is 419 g/mol. The molecule has 0 saturated heterocycles. The molecular weight excluding hydrogens is 376 g/mol. The van der Waals surface area contributed by atoms with E-state index in [-0.39, 0.29) is 6.29 Å². The molecule has 0 N–H and O–H groups in total. The number of hydrogen-bond acceptors (Lipinski definition) is 2. The summed E-state index contributed by atoms with van der Waals surface area (Å²) in [4.78, 5) is 0. The molecule has 0 unspecified atom stereocenters. The van der Waals surface area contributed by atoms with Crippen molar-refractivity contribution in [2.75, 3.05) is 18.5 Å². The third kappa shape index (κ3) is 20.3. The first-order chi connectivity index (χ1) is 12.3. The number of hydrogen-bond donors (Lipinski definition) is 0. The molecule has 25 heavy (non-hydrogen) atoms. The quantitative estimate of drug-likeness (QED) is 0.0867. The minimum Gasteiger partial charge on any atom is -0.353 e. The van der Waals surface area contributed by atoms with Gasteiger partial charge in [-0.25, -0.2) is 0 Å². The number of rotatable bonds is 20. The van der Waals surface area contributed by atoms with Crippen LogP contribution in [0.25, 0.3) is 0 Å². The number of alkyl halides is 1. The summed E-state index contributed by atoms with van der Waals surface area (Å²) < 4.78 is 11.9. The molecule has 0 atom stereocenters. The van der Waals surface area contributed by atoms with Crippen molar-refractivity contribution in [1.82, 2.24) is 0 Å². The Bertz CT molecular complexity index is 257. The van der Waals surface area contributed by atoms with E-state index in [4.69, 9.17) is 9.47 Å². The molecule has 0 amide bonds. The molecule has 0 radical (unpaired) electrons. The van der Waals surface area contributed by atoms with E-state index in [0.717, 1.165) is 44.2 Å². The lowest BCUT2D eigenvalue weighted by molar-refractivity contribution is -0.148. The van der Waals surface area contributed by atoms with Crippen LogP contribution in [0, 0.1) is 0 Å². The monoisotopic (exact) mass is 418 g/mol. The third-order valence-corrected chi connectivity index (χ3v) is 4.81. The Kier molecular flexibility index (Phi) is 22.3. The molecule has 0 aliphatic carbocycles. The fourth-order valence-corrected chi connectivity index (χ4v) is 3.02. The summed E-state index contributed by atoms with van der Waals surface area (Å²) in [5.74, 6) is 0. The van der Waals surface area contributed by atoms with Crippen molar-refractivity contribution in [3.63, 3.8) is 0 Å². The smallest absolute Gasteiger partial charge is 0.157 e. The second-order valence-electron chi connectivity index (χ2n) is 6.88. The summed E-state index contributed by atoms with van der Waals surface area (Å²) in [6, 6.07) is 0. The van der Waals surface area contributed by atoms with E-state index in [2.05, 4.69) is 41.9 Å². The van der Waals surface area contributed by atoms with Crippen LogP contribution in [0.15, 0.2) is 12.2 Å². The normalized spacial score (nSPS) is 11.8. The van der Waals surface area contributed by atoms with Crippen molar-refractivity contribution >= 4 is 15.9 Å². The lowest BCUT2D eigenvalue weighted by Crippen LogP contribution is -2.19. The Morgan fingerprint density at radius 1 is 0.680 bits per heavy atom. The van der Waals surface area contributed by atoms with E-state index >= 15 is 0 Å². The van der Waals surface area contributed by atoms with E-state index in [9.17, 15) is 0 Å². The van der Waals surface area contributed by atoms with E-state index in [1.54, 1.807) is 0 Å². The molecular formula is C22H43BrO2. The molecule has 0 saturated carbocycles. The van der Waals surface area contributed by atoms with Crippen LogP contribution >= 0.6 is 15.9 Å². The Morgan fingerprint density at radius 2 is 1.24 bits per heavy atom. The molecule has 0 aliphatic rings. The SMILES string of the molecule is CCCCCOC(CCCCCCC/C=C\CCBr)OCCCCC. The first kappa shape index (κ1) is 25.1. The van der Waals surface area contributed by atoms with Gasteiger partial charge < -0.3 is 9.47 Å². The standard InChI is InChI=1S/C22H43BrO2/c1-3-5-16-20-24-22(25-21-17-6-4-2)18-14-12-10-8-7-9-11-13-15-19-23/h11,13,22H,3-10,12,14-21H2,1-2H3/b13-11-. The molecule has 0 rings (SSSR count).